The first kappa shape index (κ1) is 14.2. The zero-order valence-electron chi connectivity index (χ0n) is 12.0. The minimum Gasteiger partial charge on any atom is -0.356 e. The molecular formula is C16H12ClN5S. The van der Waals surface area contributed by atoms with Gasteiger partial charge in [-0.1, -0.05) is 35.1 Å². The maximum absolute atomic E-state index is 6.07. The predicted octanol–water partition coefficient (Wildman–Crippen LogP) is 4.12. The first-order valence-electron chi connectivity index (χ1n) is 7.03. The number of fused-ring (bicyclic) bond motifs is 1. The Morgan fingerprint density at radius 2 is 2.04 bits per heavy atom. The Bertz CT molecular complexity index is 947. The Morgan fingerprint density at radius 1 is 1.17 bits per heavy atom. The third-order valence-corrected chi connectivity index (χ3v) is 4.51. The summed E-state index contributed by atoms with van der Waals surface area (Å²) in [5.74, 6) is 0. The average molecular weight is 342 g/mol. The van der Waals surface area contributed by atoms with Gasteiger partial charge in [0.25, 0.3) is 0 Å². The molecule has 0 saturated carbocycles. The molecule has 114 valence electrons. The fourth-order valence-electron chi connectivity index (χ4n) is 2.29. The number of anilines is 1. The molecule has 7 heteroatoms. The molecule has 3 heterocycles. The summed E-state index contributed by atoms with van der Waals surface area (Å²) in [5, 5.41) is 9.44. The third kappa shape index (κ3) is 2.91. The van der Waals surface area contributed by atoms with Crippen molar-refractivity contribution in [3.63, 3.8) is 0 Å². The summed E-state index contributed by atoms with van der Waals surface area (Å²) in [6.07, 6.45) is 5.38. The molecule has 0 spiro atoms. The van der Waals surface area contributed by atoms with E-state index in [1.165, 1.54) is 11.3 Å². The van der Waals surface area contributed by atoms with Crippen LogP contribution in [0.2, 0.25) is 5.02 Å². The van der Waals surface area contributed by atoms with E-state index in [9.17, 15) is 0 Å². The number of rotatable bonds is 4. The van der Waals surface area contributed by atoms with E-state index in [2.05, 4.69) is 20.4 Å². The first-order chi connectivity index (χ1) is 11.3. The van der Waals surface area contributed by atoms with Gasteiger partial charge in [-0.25, -0.2) is 9.50 Å². The SMILES string of the molecule is Clc1cccc(-c2cnc3sc(NCc4ccncc4)nn23)c1. The molecule has 4 rings (SSSR count). The van der Waals surface area contributed by atoms with Crippen molar-refractivity contribution in [1.29, 1.82) is 0 Å². The second-order valence-electron chi connectivity index (χ2n) is 4.96. The molecule has 1 N–H and O–H groups in total. The Kier molecular flexibility index (Phi) is 3.69. The van der Waals surface area contributed by atoms with Gasteiger partial charge in [-0.05, 0) is 29.8 Å². The van der Waals surface area contributed by atoms with Crippen LogP contribution in [-0.2, 0) is 6.54 Å². The van der Waals surface area contributed by atoms with Crippen LogP contribution in [0.15, 0.2) is 55.0 Å². The molecule has 0 fully saturated rings. The topological polar surface area (TPSA) is 55.1 Å². The second-order valence-corrected chi connectivity index (χ2v) is 6.36. The highest BCUT2D eigenvalue weighted by Crippen LogP contribution is 2.27. The fourth-order valence-corrected chi connectivity index (χ4v) is 3.25. The van der Waals surface area contributed by atoms with Gasteiger partial charge in [0, 0.05) is 29.5 Å². The first-order valence-corrected chi connectivity index (χ1v) is 8.22. The summed E-state index contributed by atoms with van der Waals surface area (Å²) < 4.78 is 1.84. The Hall–Kier alpha value is -2.44. The van der Waals surface area contributed by atoms with Crippen molar-refractivity contribution in [1.82, 2.24) is 19.6 Å². The lowest BCUT2D eigenvalue weighted by Gasteiger charge is -2.01. The second kappa shape index (κ2) is 5.98. The summed E-state index contributed by atoms with van der Waals surface area (Å²) in [6.45, 7) is 0.700. The van der Waals surface area contributed by atoms with E-state index in [0.29, 0.717) is 11.6 Å². The number of hydrogen-bond donors (Lipinski definition) is 1. The quantitative estimate of drug-likeness (QED) is 0.606. The molecule has 23 heavy (non-hydrogen) atoms. The summed E-state index contributed by atoms with van der Waals surface area (Å²) >= 11 is 7.59. The molecule has 0 aliphatic rings. The smallest absolute Gasteiger partial charge is 0.214 e. The zero-order chi connectivity index (χ0) is 15.6. The number of hydrogen-bond acceptors (Lipinski definition) is 5. The number of imidazole rings is 1. The highest BCUT2D eigenvalue weighted by Gasteiger charge is 2.11. The molecule has 5 nitrogen and oxygen atoms in total. The van der Waals surface area contributed by atoms with Crippen LogP contribution in [0.4, 0.5) is 5.13 Å². The summed E-state index contributed by atoms with van der Waals surface area (Å²) in [6, 6.07) is 11.6. The van der Waals surface area contributed by atoms with Crippen molar-refractivity contribution in [3.05, 3.63) is 65.6 Å². The van der Waals surface area contributed by atoms with Gasteiger partial charge in [-0.15, -0.1) is 5.10 Å². The molecule has 1 aromatic carbocycles. The molecule has 0 aliphatic carbocycles. The highest BCUT2D eigenvalue weighted by atomic mass is 35.5. The molecule has 0 aliphatic heterocycles. The van der Waals surface area contributed by atoms with Gasteiger partial charge in [0.05, 0.1) is 11.9 Å². The van der Waals surface area contributed by atoms with E-state index in [1.54, 1.807) is 12.4 Å². The van der Waals surface area contributed by atoms with Crippen molar-refractivity contribution in [2.24, 2.45) is 0 Å². The maximum Gasteiger partial charge on any atom is 0.214 e. The van der Waals surface area contributed by atoms with Gasteiger partial charge in [0.1, 0.15) is 0 Å². The minimum atomic E-state index is 0.698. The molecular weight excluding hydrogens is 330 g/mol. The molecule has 0 saturated heterocycles. The predicted molar refractivity (Wildman–Crippen MR) is 92.9 cm³/mol. The molecule has 0 amide bonds. The van der Waals surface area contributed by atoms with Gasteiger partial charge in [0.15, 0.2) is 0 Å². The highest BCUT2D eigenvalue weighted by molar-refractivity contribution is 7.20. The lowest BCUT2D eigenvalue weighted by atomic mass is 10.2. The number of pyridine rings is 1. The van der Waals surface area contributed by atoms with E-state index in [0.717, 1.165) is 26.9 Å². The monoisotopic (exact) mass is 341 g/mol. The normalized spacial score (nSPS) is 11.0. The summed E-state index contributed by atoms with van der Waals surface area (Å²) in [4.78, 5) is 9.28. The molecule has 0 bridgehead atoms. The van der Waals surface area contributed by atoms with Crippen LogP contribution < -0.4 is 5.32 Å². The minimum absolute atomic E-state index is 0.698. The van der Waals surface area contributed by atoms with Gasteiger partial charge in [-0.3, -0.25) is 4.98 Å². The molecule has 0 radical (unpaired) electrons. The van der Waals surface area contributed by atoms with E-state index >= 15 is 0 Å². The van der Waals surface area contributed by atoms with Crippen LogP contribution in [0.5, 0.6) is 0 Å². The Morgan fingerprint density at radius 3 is 2.87 bits per heavy atom. The lowest BCUT2D eigenvalue weighted by Crippen LogP contribution is -1.99. The van der Waals surface area contributed by atoms with Gasteiger partial charge < -0.3 is 5.32 Å². The van der Waals surface area contributed by atoms with E-state index in [4.69, 9.17) is 11.6 Å². The number of nitrogens with zero attached hydrogens (tertiary/aromatic N) is 4. The van der Waals surface area contributed by atoms with Gasteiger partial charge >= 0.3 is 0 Å². The van der Waals surface area contributed by atoms with Gasteiger partial charge in [-0.2, -0.15) is 0 Å². The number of nitrogens with one attached hydrogen (secondary N) is 1. The molecule has 0 atom stereocenters. The largest absolute Gasteiger partial charge is 0.356 e. The van der Waals surface area contributed by atoms with Crippen molar-refractivity contribution in [2.45, 2.75) is 6.54 Å². The molecule has 4 aromatic rings. The van der Waals surface area contributed by atoms with Crippen molar-refractivity contribution in [2.75, 3.05) is 5.32 Å². The van der Waals surface area contributed by atoms with Crippen LogP contribution >= 0.6 is 22.9 Å². The standard InChI is InChI=1S/C16H12ClN5S/c17-13-3-1-2-12(8-13)14-10-20-16-22(14)21-15(23-16)19-9-11-4-6-18-7-5-11/h1-8,10H,9H2,(H,19,21). The van der Waals surface area contributed by atoms with Crippen molar-refractivity contribution in [3.8, 4) is 11.3 Å². The average Bonchev–Trinajstić information content (AvgIpc) is 3.14. The van der Waals surface area contributed by atoms with E-state index < -0.39 is 0 Å². The van der Waals surface area contributed by atoms with Crippen molar-refractivity contribution >= 4 is 33.0 Å². The number of aromatic nitrogens is 4. The molecule has 3 aromatic heterocycles. The van der Waals surface area contributed by atoms with Crippen molar-refractivity contribution < 1.29 is 0 Å². The van der Waals surface area contributed by atoms with Crippen LogP contribution in [0, 0.1) is 0 Å². The van der Waals surface area contributed by atoms with Crippen LogP contribution in [-0.4, -0.2) is 19.6 Å². The Labute approximate surface area is 141 Å². The van der Waals surface area contributed by atoms with Crippen LogP contribution in [0.3, 0.4) is 0 Å². The zero-order valence-corrected chi connectivity index (χ0v) is 13.6. The van der Waals surface area contributed by atoms with Crippen LogP contribution in [0.25, 0.3) is 16.2 Å². The molecule has 0 unspecified atom stereocenters. The number of benzene rings is 1. The third-order valence-electron chi connectivity index (χ3n) is 3.40. The number of halogens is 1. The summed E-state index contributed by atoms with van der Waals surface area (Å²) in [5.41, 5.74) is 3.08. The van der Waals surface area contributed by atoms with E-state index in [-0.39, 0.29) is 0 Å². The Balaban J connectivity index is 1.62. The summed E-state index contributed by atoms with van der Waals surface area (Å²) in [7, 11) is 0. The van der Waals surface area contributed by atoms with Gasteiger partial charge in [0.2, 0.25) is 10.1 Å². The lowest BCUT2D eigenvalue weighted by molar-refractivity contribution is 0.967. The fraction of sp³-hybridized carbons (Fsp3) is 0.0625. The maximum atomic E-state index is 6.07. The van der Waals surface area contributed by atoms with Crippen LogP contribution in [0.1, 0.15) is 5.56 Å². The van der Waals surface area contributed by atoms with E-state index in [1.807, 2.05) is 47.1 Å².